The second-order valence-corrected chi connectivity index (χ2v) is 8.35. The molecule has 0 unspecified atom stereocenters. The quantitative estimate of drug-likeness (QED) is 0.156. The molecule has 0 aromatic heterocycles. The number of ether oxygens (including phenoxy) is 2. The number of aromatic hydroxyl groups is 4. The van der Waals surface area contributed by atoms with E-state index < -0.39 is 66.2 Å². The van der Waals surface area contributed by atoms with Gasteiger partial charge in [0.05, 0.1) is 6.10 Å². The van der Waals surface area contributed by atoms with Crippen molar-refractivity contribution in [3.63, 3.8) is 0 Å². The molecule has 4 atom stereocenters. The number of phenolic OH excluding ortho intramolecular Hbond substituents is 4. The molecule has 0 heterocycles. The van der Waals surface area contributed by atoms with E-state index in [2.05, 4.69) is 0 Å². The molecule has 0 amide bonds. The molecule has 37 heavy (non-hydrogen) atoms. The third-order valence-corrected chi connectivity index (χ3v) is 5.57. The first-order valence-electron chi connectivity index (χ1n) is 10.8. The fourth-order valence-corrected chi connectivity index (χ4v) is 3.66. The van der Waals surface area contributed by atoms with Crippen molar-refractivity contribution >= 4 is 30.1 Å². The monoisotopic (exact) mass is 516 g/mol. The number of benzene rings is 2. The summed E-state index contributed by atoms with van der Waals surface area (Å²) < 4.78 is 10.4. The summed E-state index contributed by atoms with van der Waals surface area (Å²) in [7, 11) is 0. The molecule has 0 spiro atoms. The van der Waals surface area contributed by atoms with Gasteiger partial charge in [0.2, 0.25) is 0 Å². The standard InChI is InChI=1S/C25H24O12/c26-15-5-1-13(9-17(15)28)3-7-21(31)36-20-12-25(35,24(33)34)11-19(30)23(20)37-22(32)8-4-14-2-6-16(27)18(29)10-14/h1-10,19-20,23,26-30,35H,11-12H2,(H,33,34)/b7-3+,8-4+/t19-,20+,23-,25+/m1/s1. The van der Waals surface area contributed by atoms with Crippen LogP contribution >= 0.6 is 0 Å². The average Bonchev–Trinajstić information content (AvgIpc) is 2.82. The normalized spacial score (nSPS) is 23.7. The molecular formula is C25H24O12. The van der Waals surface area contributed by atoms with E-state index in [-0.39, 0.29) is 11.5 Å². The van der Waals surface area contributed by atoms with Gasteiger partial charge >= 0.3 is 17.9 Å². The predicted octanol–water partition coefficient (Wildman–Crippen LogP) is 1.03. The fraction of sp³-hybridized carbons (Fsp3) is 0.240. The Hall–Kier alpha value is -4.55. The maximum atomic E-state index is 12.4. The molecule has 1 aliphatic rings. The van der Waals surface area contributed by atoms with Gasteiger partial charge in [-0.05, 0) is 47.5 Å². The number of esters is 2. The van der Waals surface area contributed by atoms with Gasteiger partial charge < -0.3 is 45.2 Å². The summed E-state index contributed by atoms with van der Waals surface area (Å²) in [5, 5.41) is 68.0. The zero-order valence-electron chi connectivity index (χ0n) is 19.1. The molecule has 2 aromatic rings. The Labute approximate surface area is 209 Å². The molecule has 0 saturated heterocycles. The molecule has 2 aromatic carbocycles. The summed E-state index contributed by atoms with van der Waals surface area (Å²) in [6, 6.07) is 7.50. The molecule has 12 heteroatoms. The van der Waals surface area contributed by atoms with Crippen molar-refractivity contribution in [3.05, 3.63) is 59.7 Å². The Morgan fingerprint density at radius 1 is 0.784 bits per heavy atom. The number of carbonyl (C=O) groups is 3. The lowest BCUT2D eigenvalue weighted by molar-refractivity contribution is -0.204. The third-order valence-electron chi connectivity index (χ3n) is 5.57. The van der Waals surface area contributed by atoms with Gasteiger partial charge in [-0.3, -0.25) is 0 Å². The van der Waals surface area contributed by atoms with Crippen LogP contribution in [0.4, 0.5) is 0 Å². The largest absolute Gasteiger partial charge is 0.504 e. The van der Waals surface area contributed by atoms with Crippen LogP contribution in [0.25, 0.3) is 12.2 Å². The first-order chi connectivity index (χ1) is 17.4. The van der Waals surface area contributed by atoms with E-state index in [0.717, 1.165) is 18.2 Å². The molecule has 1 fully saturated rings. The third kappa shape index (κ3) is 6.78. The van der Waals surface area contributed by atoms with E-state index in [0.29, 0.717) is 11.1 Å². The van der Waals surface area contributed by atoms with Gasteiger partial charge in [0.15, 0.2) is 34.7 Å². The zero-order chi connectivity index (χ0) is 27.3. The Balaban J connectivity index is 1.75. The number of phenols is 4. The van der Waals surface area contributed by atoms with Crippen molar-refractivity contribution in [1.82, 2.24) is 0 Å². The Kier molecular flexibility index (Phi) is 8.05. The van der Waals surface area contributed by atoms with Crippen LogP contribution in [0.15, 0.2) is 48.6 Å². The first kappa shape index (κ1) is 27.0. The SMILES string of the molecule is O=C(/C=C/c1ccc(O)c(O)c1)O[C@@H]1[C@H](O)C[C@@](O)(C(=O)O)C[C@@H]1OC(=O)/C=C/c1ccc(O)c(O)c1. The van der Waals surface area contributed by atoms with Gasteiger partial charge in [-0.2, -0.15) is 0 Å². The number of hydrogen-bond acceptors (Lipinski definition) is 11. The maximum Gasteiger partial charge on any atom is 0.335 e. The van der Waals surface area contributed by atoms with Crippen LogP contribution in [-0.2, 0) is 23.9 Å². The van der Waals surface area contributed by atoms with Gasteiger partial charge in [0.1, 0.15) is 6.10 Å². The summed E-state index contributed by atoms with van der Waals surface area (Å²) >= 11 is 0. The van der Waals surface area contributed by atoms with Crippen LogP contribution in [0, 0.1) is 0 Å². The summed E-state index contributed by atoms with van der Waals surface area (Å²) in [5.74, 6) is -5.29. The van der Waals surface area contributed by atoms with E-state index >= 15 is 0 Å². The summed E-state index contributed by atoms with van der Waals surface area (Å²) in [6.45, 7) is 0. The van der Waals surface area contributed by atoms with E-state index in [4.69, 9.17) is 9.47 Å². The van der Waals surface area contributed by atoms with E-state index in [9.17, 15) is 50.1 Å². The van der Waals surface area contributed by atoms with E-state index in [1.54, 1.807) is 0 Å². The molecule has 12 nitrogen and oxygen atoms in total. The van der Waals surface area contributed by atoms with Crippen molar-refractivity contribution in [2.75, 3.05) is 0 Å². The van der Waals surface area contributed by atoms with Crippen molar-refractivity contribution in [2.45, 2.75) is 36.8 Å². The van der Waals surface area contributed by atoms with Crippen LogP contribution < -0.4 is 0 Å². The summed E-state index contributed by atoms with van der Waals surface area (Å²) in [5.41, 5.74) is -1.82. The lowest BCUT2D eigenvalue weighted by Gasteiger charge is -2.40. The number of aliphatic carboxylic acids is 1. The van der Waals surface area contributed by atoms with Crippen molar-refractivity contribution in [2.24, 2.45) is 0 Å². The highest BCUT2D eigenvalue weighted by Crippen LogP contribution is 2.33. The highest BCUT2D eigenvalue weighted by molar-refractivity contribution is 5.88. The molecule has 1 saturated carbocycles. The number of aliphatic hydroxyl groups excluding tert-OH is 1. The lowest BCUT2D eigenvalue weighted by Crippen LogP contribution is -2.58. The minimum atomic E-state index is -2.46. The average molecular weight is 516 g/mol. The van der Waals surface area contributed by atoms with Gasteiger partial charge in [-0.25, -0.2) is 14.4 Å². The Bertz CT molecular complexity index is 1250. The maximum absolute atomic E-state index is 12.4. The van der Waals surface area contributed by atoms with Gasteiger partial charge in [-0.1, -0.05) is 12.1 Å². The highest BCUT2D eigenvalue weighted by atomic mass is 16.6. The zero-order valence-corrected chi connectivity index (χ0v) is 19.1. The number of carboxylic acids is 1. The molecule has 1 aliphatic carbocycles. The van der Waals surface area contributed by atoms with Crippen LogP contribution in [-0.4, -0.2) is 77.6 Å². The van der Waals surface area contributed by atoms with Crippen molar-refractivity contribution in [3.8, 4) is 23.0 Å². The Morgan fingerprint density at radius 2 is 1.27 bits per heavy atom. The summed E-state index contributed by atoms with van der Waals surface area (Å²) in [6.07, 6.45) is -1.86. The summed E-state index contributed by atoms with van der Waals surface area (Å²) in [4.78, 5) is 36.3. The van der Waals surface area contributed by atoms with Crippen molar-refractivity contribution < 1.29 is 59.6 Å². The van der Waals surface area contributed by atoms with Crippen LogP contribution in [0.3, 0.4) is 0 Å². The first-order valence-corrected chi connectivity index (χ1v) is 10.8. The number of carbonyl (C=O) groups excluding carboxylic acids is 2. The second kappa shape index (κ2) is 11.0. The molecule has 7 N–H and O–H groups in total. The number of rotatable bonds is 7. The smallest absolute Gasteiger partial charge is 0.335 e. The second-order valence-electron chi connectivity index (χ2n) is 8.35. The van der Waals surface area contributed by atoms with E-state index in [1.165, 1.54) is 42.5 Å². The van der Waals surface area contributed by atoms with Gasteiger partial charge in [-0.15, -0.1) is 0 Å². The lowest BCUT2D eigenvalue weighted by atomic mass is 9.79. The van der Waals surface area contributed by atoms with E-state index in [1.807, 2.05) is 0 Å². The fourth-order valence-electron chi connectivity index (χ4n) is 3.66. The predicted molar refractivity (Wildman–Crippen MR) is 125 cm³/mol. The Morgan fingerprint density at radius 3 is 1.73 bits per heavy atom. The number of hydrogen-bond donors (Lipinski definition) is 7. The highest BCUT2D eigenvalue weighted by Gasteiger charge is 2.52. The molecule has 0 radical (unpaired) electrons. The molecule has 0 bridgehead atoms. The minimum Gasteiger partial charge on any atom is -0.504 e. The topological polar surface area (TPSA) is 211 Å². The molecule has 196 valence electrons. The number of carboxylic acid groups (broad SMARTS) is 1. The van der Waals surface area contributed by atoms with Crippen molar-refractivity contribution in [1.29, 1.82) is 0 Å². The molecular weight excluding hydrogens is 492 g/mol. The molecule has 3 rings (SSSR count). The molecule has 0 aliphatic heterocycles. The minimum absolute atomic E-state index is 0.311. The van der Waals surface area contributed by atoms with Gasteiger partial charge in [0.25, 0.3) is 0 Å². The number of aliphatic hydroxyl groups is 2. The van der Waals surface area contributed by atoms with Crippen LogP contribution in [0.1, 0.15) is 24.0 Å². The van der Waals surface area contributed by atoms with Gasteiger partial charge in [0, 0.05) is 25.0 Å². The van der Waals surface area contributed by atoms with Crippen LogP contribution in [0.2, 0.25) is 0 Å². The van der Waals surface area contributed by atoms with Crippen LogP contribution in [0.5, 0.6) is 23.0 Å².